The lowest BCUT2D eigenvalue weighted by molar-refractivity contribution is 0.307. The molecular weight excluding hydrogens is 215 g/mol. The van der Waals surface area contributed by atoms with Gasteiger partial charge < -0.3 is 4.74 Å². The highest BCUT2D eigenvalue weighted by atomic mass is 31.0. The van der Waals surface area contributed by atoms with Crippen LogP contribution in [0.4, 0.5) is 0 Å². The molecule has 0 fully saturated rings. The van der Waals surface area contributed by atoms with Crippen LogP contribution in [0.5, 0.6) is 5.75 Å². The molecule has 0 N–H and O–H groups in total. The Balaban J connectivity index is 2.20. The summed E-state index contributed by atoms with van der Waals surface area (Å²) in [6.07, 6.45) is 0. The van der Waals surface area contributed by atoms with Gasteiger partial charge >= 0.3 is 0 Å². The zero-order valence-electron chi connectivity index (χ0n) is 9.26. The van der Waals surface area contributed by atoms with Crippen molar-refractivity contribution in [2.24, 2.45) is 0 Å². The maximum atomic E-state index is 5.57. The van der Waals surface area contributed by atoms with Gasteiger partial charge in [0, 0.05) is 0 Å². The van der Waals surface area contributed by atoms with Gasteiger partial charge in [0.05, 0.1) is 0 Å². The summed E-state index contributed by atoms with van der Waals surface area (Å²) in [6, 6.07) is 18.5. The van der Waals surface area contributed by atoms with Crippen molar-refractivity contribution in [2.45, 2.75) is 12.8 Å². The van der Waals surface area contributed by atoms with E-state index >= 15 is 0 Å². The summed E-state index contributed by atoms with van der Waals surface area (Å²) >= 11 is 0. The average molecular weight is 230 g/mol. The second-order valence-corrected chi connectivity index (χ2v) is 4.65. The predicted molar refractivity (Wildman–Crippen MR) is 71.7 cm³/mol. The van der Waals surface area contributed by atoms with E-state index in [1.54, 1.807) is 0 Å². The van der Waals surface area contributed by atoms with E-state index in [1.807, 2.05) is 37.3 Å². The van der Waals surface area contributed by atoms with E-state index in [0.29, 0.717) is 0 Å². The summed E-state index contributed by atoms with van der Waals surface area (Å²) in [5.41, 5.74) is 2.44. The third kappa shape index (κ3) is 2.84. The molecule has 0 amide bonds. The van der Waals surface area contributed by atoms with Gasteiger partial charge in [0.25, 0.3) is 0 Å². The van der Waals surface area contributed by atoms with E-state index < -0.39 is 0 Å². The van der Waals surface area contributed by atoms with Gasteiger partial charge in [0.15, 0.2) is 0 Å². The second-order valence-electron chi connectivity index (χ2n) is 3.71. The Labute approximate surface area is 98.7 Å². The highest BCUT2D eigenvalue weighted by Crippen LogP contribution is 2.23. The van der Waals surface area contributed by atoms with Crippen molar-refractivity contribution in [3.05, 3.63) is 54.6 Å². The Bertz CT molecular complexity index is 434. The molecule has 0 aromatic heterocycles. The van der Waals surface area contributed by atoms with Crippen molar-refractivity contribution in [2.75, 3.05) is 0 Å². The number of hydrogen-bond donors (Lipinski definition) is 0. The summed E-state index contributed by atoms with van der Waals surface area (Å²) < 4.78 is 5.57. The fourth-order valence-corrected chi connectivity index (χ4v) is 1.73. The molecule has 0 spiro atoms. The number of hydrogen-bond acceptors (Lipinski definition) is 1. The van der Waals surface area contributed by atoms with Crippen LogP contribution in [0.3, 0.4) is 0 Å². The lowest BCUT2D eigenvalue weighted by Gasteiger charge is -2.09. The summed E-state index contributed by atoms with van der Waals surface area (Å²) in [5.74, 6) is 1.05. The van der Waals surface area contributed by atoms with Crippen LogP contribution in [0.25, 0.3) is 11.1 Å². The van der Waals surface area contributed by atoms with Crippen LogP contribution in [-0.2, 0) is 0 Å². The lowest BCUT2D eigenvalue weighted by Crippen LogP contribution is -2.00. The molecule has 2 aromatic rings. The van der Waals surface area contributed by atoms with Crippen molar-refractivity contribution < 1.29 is 4.74 Å². The molecule has 2 unspecified atom stereocenters. The van der Waals surface area contributed by atoms with Gasteiger partial charge in [-0.05, 0) is 30.2 Å². The Morgan fingerprint density at radius 2 is 1.44 bits per heavy atom. The minimum Gasteiger partial charge on any atom is -0.487 e. The maximum absolute atomic E-state index is 5.57. The molecule has 2 heteroatoms. The molecule has 0 heterocycles. The van der Waals surface area contributed by atoms with Gasteiger partial charge in [0.1, 0.15) is 11.6 Å². The molecule has 16 heavy (non-hydrogen) atoms. The van der Waals surface area contributed by atoms with E-state index in [2.05, 4.69) is 33.5 Å². The van der Waals surface area contributed by atoms with Crippen LogP contribution in [0, 0.1) is 0 Å². The summed E-state index contributed by atoms with van der Waals surface area (Å²) in [7, 11) is 2.62. The van der Waals surface area contributed by atoms with Gasteiger partial charge in [-0.15, -0.1) is 0 Å². The molecule has 0 saturated heterocycles. The smallest absolute Gasteiger partial charge is 0.120 e. The summed E-state index contributed by atoms with van der Waals surface area (Å²) in [4.78, 5) is 0. The van der Waals surface area contributed by atoms with E-state index in [4.69, 9.17) is 4.74 Å². The monoisotopic (exact) mass is 230 g/mol. The number of benzene rings is 2. The maximum Gasteiger partial charge on any atom is 0.120 e. The Hall–Kier alpha value is -1.33. The van der Waals surface area contributed by atoms with Crippen LogP contribution >= 0.6 is 9.24 Å². The minimum absolute atomic E-state index is 0.141. The third-order valence-corrected chi connectivity index (χ3v) is 2.42. The van der Waals surface area contributed by atoms with Crippen LogP contribution in [0.15, 0.2) is 54.6 Å². The highest BCUT2D eigenvalue weighted by Gasteiger charge is 1.99. The third-order valence-electron chi connectivity index (χ3n) is 2.28. The van der Waals surface area contributed by atoms with Crippen molar-refractivity contribution in [1.29, 1.82) is 0 Å². The predicted octanol–water partition coefficient (Wildman–Crippen LogP) is 3.95. The lowest BCUT2D eigenvalue weighted by atomic mass is 10.1. The molecule has 2 atom stereocenters. The first-order chi connectivity index (χ1) is 7.75. The standard InChI is InChI=1S/C14H15OP/c1-11(16)15-14-9-7-13(8-10-14)12-5-3-2-4-6-12/h2-11H,16H2,1H3. The zero-order chi connectivity index (χ0) is 11.4. The van der Waals surface area contributed by atoms with E-state index in [0.717, 1.165) is 5.75 Å². The Morgan fingerprint density at radius 1 is 0.875 bits per heavy atom. The Morgan fingerprint density at radius 3 is 2.00 bits per heavy atom. The first kappa shape index (κ1) is 11.2. The van der Waals surface area contributed by atoms with Crippen LogP contribution in [0.2, 0.25) is 0 Å². The van der Waals surface area contributed by atoms with Crippen LogP contribution in [-0.4, -0.2) is 5.85 Å². The van der Waals surface area contributed by atoms with Gasteiger partial charge in [-0.1, -0.05) is 51.7 Å². The number of ether oxygens (including phenoxy) is 1. The fourth-order valence-electron chi connectivity index (χ4n) is 1.57. The molecule has 0 aliphatic carbocycles. The molecule has 0 bridgehead atoms. The van der Waals surface area contributed by atoms with Crippen molar-refractivity contribution in [1.82, 2.24) is 0 Å². The topological polar surface area (TPSA) is 9.23 Å². The summed E-state index contributed by atoms with van der Waals surface area (Å²) in [5, 5.41) is 0. The summed E-state index contributed by atoms with van der Waals surface area (Å²) in [6.45, 7) is 2.00. The van der Waals surface area contributed by atoms with Crippen molar-refractivity contribution in [3.63, 3.8) is 0 Å². The van der Waals surface area contributed by atoms with E-state index in [1.165, 1.54) is 11.1 Å². The molecule has 1 nitrogen and oxygen atoms in total. The van der Waals surface area contributed by atoms with Gasteiger partial charge in [-0.2, -0.15) is 0 Å². The average Bonchev–Trinajstić information content (AvgIpc) is 2.30. The molecule has 2 rings (SSSR count). The Kier molecular flexibility index (Phi) is 3.58. The van der Waals surface area contributed by atoms with E-state index in [-0.39, 0.29) is 5.85 Å². The SMILES string of the molecule is CC(P)Oc1ccc(-c2ccccc2)cc1. The van der Waals surface area contributed by atoms with Crippen molar-refractivity contribution in [3.8, 4) is 16.9 Å². The molecule has 82 valence electrons. The molecule has 0 aliphatic rings. The van der Waals surface area contributed by atoms with Crippen LogP contribution < -0.4 is 4.74 Å². The van der Waals surface area contributed by atoms with Gasteiger partial charge in [-0.25, -0.2) is 0 Å². The zero-order valence-corrected chi connectivity index (χ0v) is 10.4. The van der Waals surface area contributed by atoms with E-state index in [9.17, 15) is 0 Å². The first-order valence-electron chi connectivity index (χ1n) is 5.33. The quantitative estimate of drug-likeness (QED) is 0.725. The minimum atomic E-state index is 0.141. The van der Waals surface area contributed by atoms with Gasteiger partial charge in [-0.3, -0.25) is 0 Å². The van der Waals surface area contributed by atoms with Crippen molar-refractivity contribution >= 4 is 9.24 Å². The second kappa shape index (κ2) is 5.14. The molecular formula is C14H15OP. The fraction of sp³-hybridized carbons (Fsp3) is 0.143. The highest BCUT2D eigenvalue weighted by molar-refractivity contribution is 7.17. The van der Waals surface area contributed by atoms with Gasteiger partial charge in [0.2, 0.25) is 0 Å². The van der Waals surface area contributed by atoms with Crippen LogP contribution in [0.1, 0.15) is 6.92 Å². The number of rotatable bonds is 3. The first-order valence-corrected chi connectivity index (χ1v) is 6.00. The largest absolute Gasteiger partial charge is 0.487 e. The normalized spacial score (nSPS) is 12.1. The molecule has 0 aliphatic heterocycles. The molecule has 0 radical (unpaired) electrons. The molecule has 2 aromatic carbocycles. The molecule has 0 saturated carbocycles.